The Hall–Kier alpha value is -9.41. The first kappa shape index (κ1) is 122. The zero-order valence-corrected chi connectivity index (χ0v) is 81.5. The molecule has 20 atom stereocenters. The lowest BCUT2D eigenvalue weighted by atomic mass is 9.90. The minimum absolute atomic E-state index is 0.00594. The van der Waals surface area contributed by atoms with Crippen LogP contribution in [0.25, 0.3) is 0 Å². The molecule has 0 radical (unpaired) electrons. The summed E-state index contributed by atoms with van der Waals surface area (Å²) >= 11 is 1.22. The summed E-state index contributed by atoms with van der Waals surface area (Å²) in [4.78, 5) is 225. The summed E-state index contributed by atoms with van der Waals surface area (Å²) < 4.78 is 16.1. The number of nitrogens with two attached hydrogens (primary N) is 1. The number of unbranched alkanes of at least 4 members (excludes halogenated alkanes) is 4. The number of carbonyl (C=O) groups is 16. The van der Waals surface area contributed by atoms with Gasteiger partial charge in [0.2, 0.25) is 47.3 Å². The highest BCUT2D eigenvalue weighted by Gasteiger charge is 2.41. The molecule has 24 N–H and O–H groups in total. The summed E-state index contributed by atoms with van der Waals surface area (Å²) in [6.07, 6.45) is -18.5. The van der Waals surface area contributed by atoms with Crippen LogP contribution in [-0.4, -0.2) is 339 Å². The molecular formula is C89H145N13O32S3. The summed E-state index contributed by atoms with van der Waals surface area (Å²) in [6, 6.07) is -0.194. The Bertz CT molecular complexity index is 4090. The summed E-state index contributed by atoms with van der Waals surface area (Å²) in [7, 11) is 3.82. The number of piperidine rings is 1. The van der Waals surface area contributed by atoms with Crippen LogP contribution >= 0.6 is 32.9 Å². The van der Waals surface area contributed by atoms with Crippen molar-refractivity contribution in [2.75, 3.05) is 71.3 Å². The number of carboxylic acid groups (broad SMARTS) is 2. The number of carboxylic acids is 2. The Morgan fingerprint density at radius 2 is 1.20 bits per heavy atom. The van der Waals surface area contributed by atoms with Crippen LogP contribution in [0.3, 0.4) is 0 Å². The molecule has 1 saturated heterocycles. The fourth-order valence-corrected chi connectivity index (χ4v) is 17.5. The van der Waals surface area contributed by atoms with Crippen LogP contribution in [0.4, 0.5) is 4.79 Å². The fraction of sp³-hybridized carbons (Fsp3) is 0.719. The Labute approximate surface area is 808 Å². The van der Waals surface area contributed by atoms with Gasteiger partial charge in [-0.2, -0.15) is 0 Å². The van der Waals surface area contributed by atoms with E-state index in [1.54, 1.807) is 24.4 Å². The number of nitrogens with zero attached hydrogens (tertiary/aromatic N) is 3. The Morgan fingerprint density at radius 3 is 1.76 bits per heavy atom. The van der Waals surface area contributed by atoms with Crippen LogP contribution < -0.4 is 53.8 Å². The smallest absolute Gasteiger partial charge is 0.426 e. The number of hydrazine groups is 1. The number of rotatable bonds is 71. The SMILES string of the molecule is CCCC(=O)OCN(C(=O)[C@@H](NC(=O)C1CCCCN1C)C(C)CC)[C@H](C[C@@H](C)c1nc(C(=O)N[C@@H](Cc2ccc(O)cc2)C[C@H](C)C(=O)NNC(=O)OCCSSC[C@H](NC(=O)[C@@H](CCC(=O)NC[C@H](O)[C@@H](O)[C@H](O)[C@H](O)CO)NC(=O)[C@@H](CCC(=O)O)CC(=O)[C@@H](CCC(=O)NC[C@H](O)[C@@H](O)[C@H](O)[C@H](O)CO)NC(=O)[C@@H](CCC(=O)O)CC(=O)CCCCCCCN)OC=O)cs1)C(C)C. The number of hydrogen-bond acceptors (Lipinski definition) is 36. The highest BCUT2D eigenvalue weighted by Crippen LogP contribution is 2.32. The molecule has 1 fully saturated rings. The first-order valence-electron chi connectivity index (χ1n) is 46.3. The summed E-state index contributed by atoms with van der Waals surface area (Å²) in [5.41, 5.74) is 10.8. The molecule has 48 heteroatoms. The number of esters is 1. The number of ether oxygens (including phenoxy) is 3. The third-order valence-corrected chi connectivity index (χ3v) is 26.7. The molecular weight excluding hydrogens is 1860 g/mol. The van der Waals surface area contributed by atoms with Crippen LogP contribution in [0.15, 0.2) is 29.6 Å². The highest BCUT2D eigenvalue weighted by molar-refractivity contribution is 8.76. The lowest BCUT2D eigenvalue weighted by molar-refractivity contribution is -0.159. The van der Waals surface area contributed by atoms with Gasteiger partial charge >= 0.3 is 24.0 Å². The quantitative estimate of drug-likeness (QED) is 0.00751. The van der Waals surface area contributed by atoms with E-state index in [-0.39, 0.29) is 92.1 Å². The monoisotopic (exact) mass is 2000 g/mol. The van der Waals surface area contributed by atoms with Crippen LogP contribution in [0, 0.1) is 29.6 Å². The van der Waals surface area contributed by atoms with E-state index in [1.807, 2.05) is 53.5 Å². The topological polar surface area (TPSA) is 717 Å². The number of aromatic hydroxyl groups is 1. The normalized spacial score (nSPS) is 16.9. The molecule has 10 amide bonds. The van der Waals surface area contributed by atoms with Gasteiger partial charge in [0, 0.05) is 111 Å². The van der Waals surface area contributed by atoms with Crippen LogP contribution in [0.5, 0.6) is 5.75 Å². The van der Waals surface area contributed by atoms with Crippen molar-refractivity contribution in [3.05, 3.63) is 45.9 Å². The largest absolute Gasteiger partial charge is 0.508 e. The average Bonchev–Trinajstić information content (AvgIpc) is 1.64. The third kappa shape index (κ3) is 46.5. The van der Waals surface area contributed by atoms with Crippen molar-refractivity contribution in [1.29, 1.82) is 0 Å². The number of hydrogen-bond donors (Lipinski definition) is 23. The lowest BCUT2D eigenvalue weighted by Gasteiger charge is -2.39. The molecule has 0 bridgehead atoms. The van der Waals surface area contributed by atoms with Crippen molar-refractivity contribution in [2.45, 2.75) is 306 Å². The summed E-state index contributed by atoms with van der Waals surface area (Å²) in [5, 5.41) is 149. The predicted octanol–water partition coefficient (Wildman–Crippen LogP) is -0.553. The molecule has 1 aliphatic rings. The number of carbonyl (C=O) groups excluding carboxylic acids is 14. The van der Waals surface area contributed by atoms with Gasteiger partial charge in [-0.25, -0.2) is 15.2 Å². The number of likely N-dealkylation sites (tertiary alicyclic amines) is 1. The van der Waals surface area contributed by atoms with E-state index in [1.165, 1.54) is 28.4 Å². The number of thiazole rings is 1. The van der Waals surface area contributed by atoms with Gasteiger partial charge in [0.1, 0.15) is 72.5 Å². The molecule has 0 spiro atoms. The van der Waals surface area contributed by atoms with Gasteiger partial charge in [-0.3, -0.25) is 82.2 Å². The number of likely N-dealkylation sites (N-methyl/N-ethyl adjacent to an activating group) is 1. The summed E-state index contributed by atoms with van der Waals surface area (Å²) in [6.45, 7) is 9.73. The number of aliphatic carboxylic acids is 2. The van der Waals surface area contributed by atoms with E-state index < -0.39 is 282 Å². The van der Waals surface area contributed by atoms with Gasteiger partial charge in [-0.1, -0.05) is 114 Å². The number of aromatic nitrogens is 1. The number of phenols is 1. The number of ketones is 2. The van der Waals surface area contributed by atoms with Gasteiger partial charge < -0.3 is 128 Å². The fourth-order valence-electron chi connectivity index (χ4n) is 14.8. The zero-order valence-electron chi connectivity index (χ0n) is 79.1. The molecule has 2 unspecified atom stereocenters. The van der Waals surface area contributed by atoms with Crippen molar-refractivity contribution >= 4 is 128 Å². The zero-order chi connectivity index (χ0) is 103. The second-order valence-corrected chi connectivity index (χ2v) is 38.3. The predicted molar refractivity (Wildman–Crippen MR) is 499 cm³/mol. The molecule has 1 aliphatic heterocycles. The minimum atomic E-state index is -2.14. The standard InChI is InChI=1S/C89H145N13O32S3/c1-9-18-75(119)133-48-102(88(130)76(51(5)10-2)98-86(129)63-20-15-17-34-101(63)8)64(50(3)4)38-53(7)87-96-62(46-135-87)85(128)93-57(39-54-21-25-58(106)26-22-54)37-52(6)81(124)99-100-89(131)132-35-36-136-137-47-72(134-49-105)97-84(127)61(28-30-71(114)92-43-67(110)78(121)80(123)69(112)45-104)95-83(126)56(24-32-74(117)118)41-65(108)60(27-29-70(113)91-42-66(109)77(120)79(122)68(111)44-103)94-82(125)55(23-31-73(115)116)40-59(107)19-14-12-11-13-16-33-90/h21-22,25-26,46,49-53,55-57,60-61,63-64,66-69,72,76-80,103-104,106,109-112,120-123H,9-20,23-24,27-45,47-48,90H2,1-8H3,(H,91,113)(H,92,114)(H,93,128)(H,94,125)(H,95,126)(H,97,127)(H,98,129)(H,99,124)(H,100,131)(H,115,116)(H,117,118)/t51?,52-,53+,55-,56-,57+,60+,61+,63?,64+,66-,67-,68+,69+,72+,76-,77+,78+,79+,80+/m0/s1. The lowest BCUT2D eigenvalue weighted by Crippen LogP contribution is -2.59. The second-order valence-electron chi connectivity index (χ2n) is 34.7. The average molecular weight is 2010 g/mol. The molecule has 45 nitrogen and oxygen atoms in total. The van der Waals surface area contributed by atoms with Crippen LogP contribution in [-0.2, 0) is 87.8 Å². The summed E-state index contributed by atoms with van der Waals surface area (Å²) in [5.74, 6) is -17.6. The van der Waals surface area contributed by atoms with Crippen molar-refractivity contribution in [2.24, 2.45) is 35.3 Å². The van der Waals surface area contributed by atoms with E-state index in [0.717, 1.165) is 60.2 Å². The van der Waals surface area contributed by atoms with Crippen LogP contribution in [0.1, 0.15) is 230 Å². The van der Waals surface area contributed by atoms with Crippen LogP contribution in [0.2, 0.25) is 0 Å². The van der Waals surface area contributed by atoms with Crippen molar-refractivity contribution in [1.82, 2.24) is 62.9 Å². The van der Waals surface area contributed by atoms with Gasteiger partial charge in [0.25, 0.3) is 12.4 Å². The van der Waals surface area contributed by atoms with Crippen molar-refractivity contribution < 1.29 is 157 Å². The molecule has 3 rings (SSSR count). The van der Waals surface area contributed by atoms with Gasteiger partial charge in [-0.15, -0.1) is 11.3 Å². The number of amides is 10. The highest BCUT2D eigenvalue weighted by atomic mass is 33.1. The Balaban J connectivity index is 1.84. The van der Waals surface area contributed by atoms with E-state index in [4.69, 9.17) is 24.9 Å². The minimum Gasteiger partial charge on any atom is -0.508 e. The number of benzene rings is 1. The Kier molecular flexibility index (Phi) is 58.9. The van der Waals surface area contributed by atoms with E-state index in [9.17, 15) is 143 Å². The number of aliphatic hydroxyl groups excluding tert-OH is 10. The second kappa shape index (κ2) is 66.3. The van der Waals surface area contributed by atoms with Crippen molar-refractivity contribution in [3.8, 4) is 5.75 Å². The molecule has 776 valence electrons. The first-order chi connectivity index (χ1) is 64.9. The molecule has 0 saturated carbocycles. The number of phenolic OH excluding ortho intramolecular Hbond substituents is 1. The molecule has 2 aromatic rings. The number of Topliss-reactive ketones (excluding diaryl/α,β-unsaturated/α-hetero) is 2. The molecule has 0 aliphatic carbocycles. The molecule has 137 heavy (non-hydrogen) atoms. The molecule has 1 aromatic heterocycles. The molecule has 1 aromatic carbocycles. The van der Waals surface area contributed by atoms with E-state index >= 15 is 0 Å². The van der Waals surface area contributed by atoms with Crippen molar-refractivity contribution in [3.63, 3.8) is 0 Å². The Morgan fingerprint density at radius 1 is 0.635 bits per heavy atom. The number of nitrogens with one attached hydrogen (secondary N) is 9. The third-order valence-electron chi connectivity index (χ3n) is 23.3. The maximum atomic E-state index is 15.0. The molecule has 2 heterocycles. The van der Waals surface area contributed by atoms with Gasteiger partial charge in [-0.05, 0) is 127 Å². The maximum Gasteiger partial charge on any atom is 0.426 e. The van der Waals surface area contributed by atoms with E-state index in [2.05, 4.69) is 48.1 Å². The van der Waals surface area contributed by atoms with Gasteiger partial charge in [0.15, 0.2) is 18.7 Å². The van der Waals surface area contributed by atoms with E-state index in [0.29, 0.717) is 55.6 Å². The maximum absolute atomic E-state index is 15.0. The number of aliphatic hydroxyl groups is 10. The first-order valence-corrected chi connectivity index (χ1v) is 49.7. The van der Waals surface area contributed by atoms with Gasteiger partial charge in [0.05, 0.1) is 48.3 Å².